The Morgan fingerprint density at radius 3 is 1.48 bits per heavy atom. The predicted octanol–water partition coefficient (Wildman–Crippen LogP) is 3.65. The third-order valence-electron chi connectivity index (χ3n) is 2.91. The molecule has 0 unspecified atom stereocenters. The van der Waals surface area contributed by atoms with Crippen molar-refractivity contribution in [2.24, 2.45) is 0 Å². The van der Waals surface area contributed by atoms with Gasteiger partial charge in [0.05, 0.1) is 19.8 Å². The summed E-state index contributed by atoms with van der Waals surface area (Å²) < 4.78 is 22.5. The Balaban J connectivity index is 4.64. The maximum Gasteiger partial charge on any atom is 0.319 e. The summed E-state index contributed by atoms with van der Waals surface area (Å²) in [5, 5.41) is 0. The van der Waals surface area contributed by atoms with Gasteiger partial charge in [-0.1, -0.05) is 40.0 Å². The number of esters is 1. The molecule has 0 bridgehead atoms. The van der Waals surface area contributed by atoms with Gasteiger partial charge in [0, 0.05) is 6.92 Å². The van der Waals surface area contributed by atoms with E-state index in [9.17, 15) is 4.79 Å². The number of hydrogen-bond donors (Lipinski definition) is 0. The van der Waals surface area contributed by atoms with Crippen molar-refractivity contribution in [2.45, 2.75) is 72.2 Å². The highest BCUT2D eigenvalue weighted by molar-refractivity contribution is 5.65. The van der Waals surface area contributed by atoms with Crippen LogP contribution in [0.2, 0.25) is 0 Å². The molecule has 21 heavy (non-hydrogen) atoms. The summed E-state index contributed by atoms with van der Waals surface area (Å²) in [7, 11) is 0. The SMILES string of the molecule is CCCCOC(COC(C)=O)(OCCCC)OCCCC. The second kappa shape index (κ2) is 13.0. The topological polar surface area (TPSA) is 54.0 Å². The molecule has 0 aromatic carbocycles. The molecular formula is C16H32O5. The van der Waals surface area contributed by atoms with Gasteiger partial charge in [0.1, 0.15) is 0 Å². The van der Waals surface area contributed by atoms with Crippen LogP contribution in [0.4, 0.5) is 0 Å². The lowest BCUT2D eigenvalue weighted by Crippen LogP contribution is -2.45. The molecule has 0 atom stereocenters. The molecule has 0 aromatic heterocycles. The van der Waals surface area contributed by atoms with Crippen molar-refractivity contribution in [2.75, 3.05) is 26.4 Å². The van der Waals surface area contributed by atoms with Gasteiger partial charge < -0.3 is 18.9 Å². The van der Waals surface area contributed by atoms with E-state index in [0.29, 0.717) is 19.8 Å². The van der Waals surface area contributed by atoms with E-state index in [2.05, 4.69) is 20.8 Å². The molecule has 0 aromatic rings. The lowest BCUT2D eigenvalue weighted by Gasteiger charge is -2.32. The van der Waals surface area contributed by atoms with E-state index in [1.807, 2.05) is 0 Å². The van der Waals surface area contributed by atoms with E-state index in [-0.39, 0.29) is 12.6 Å². The Morgan fingerprint density at radius 1 is 0.810 bits per heavy atom. The average molecular weight is 304 g/mol. The number of hydrogen-bond acceptors (Lipinski definition) is 5. The summed E-state index contributed by atoms with van der Waals surface area (Å²) in [6, 6.07) is 0. The minimum absolute atomic E-state index is 0.0283. The highest BCUT2D eigenvalue weighted by atomic mass is 16.9. The summed E-state index contributed by atoms with van der Waals surface area (Å²) in [4.78, 5) is 11.1. The number of carbonyl (C=O) groups excluding carboxylic acids is 1. The third-order valence-corrected chi connectivity index (χ3v) is 2.91. The van der Waals surface area contributed by atoms with E-state index in [1.165, 1.54) is 6.92 Å². The number of carbonyl (C=O) groups is 1. The number of rotatable bonds is 14. The summed E-state index contributed by atoms with van der Waals surface area (Å²) in [6.45, 7) is 9.18. The third kappa shape index (κ3) is 10.7. The van der Waals surface area contributed by atoms with Gasteiger partial charge in [0.25, 0.3) is 0 Å². The monoisotopic (exact) mass is 304 g/mol. The highest BCUT2D eigenvalue weighted by Crippen LogP contribution is 2.19. The van der Waals surface area contributed by atoms with Gasteiger partial charge in [0.15, 0.2) is 6.61 Å². The molecule has 0 heterocycles. The fraction of sp³-hybridized carbons (Fsp3) is 0.938. The van der Waals surface area contributed by atoms with Crippen LogP contribution >= 0.6 is 0 Å². The molecule has 0 saturated carbocycles. The Labute approximate surface area is 129 Å². The zero-order valence-corrected chi connectivity index (χ0v) is 14.1. The molecule has 0 aliphatic rings. The first kappa shape index (κ1) is 20.3. The summed E-state index contributed by atoms with van der Waals surface area (Å²) in [5.41, 5.74) is 0. The zero-order chi connectivity index (χ0) is 16.0. The first-order valence-electron chi connectivity index (χ1n) is 8.15. The molecule has 0 spiro atoms. The molecule has 0 rings (SSSR count). The molecule has 5 heteroatoms. The van der Waals surface area contributed by atoms with Crippen LogP contribution in [0.5, 0.6) is 0 Å². The van der Waals surface area contributed by atoms with E-state index in [0.717, 1.165) is 38.5 Å². The second-order valence-corrected chi connectivity index (χ2v) is 5.07. The van der Waals surface area contributed by atoms with Gasteiger partial charge in [-0.2, -0.15) is 0 Å². The molecule has 0 amide bonds. The number of unbranched alkanes of at least 4 members (excludes halogenated alkanes) is 3. The van der Waals surface area contributed by atoms with Crippen molar-refractivity contribution >= 4 is 5.97 Å². The Morgan fingerprint density at radius 2 is 1.19 bits per heavy atom. The van der Waals surface area contributed by atoms with E-state index >= 15 is 0 Å². The van der Waals surface area contributed by atoms with Gasteiger partial charge in [-0.05, 0) is 19.3 Å². The van der Waals surface area contributed by atoms with Crippen molar-refractivity contribution in [1.82, 2.24) is 0 Å². The van der Waals surface area contributed by atoms with Crippen molar-refractivity contribution in [3.8, 4) is 0 Å². The summed E-state index contributed by atoms with van der Waals surface area (Å²) in [6.07, 6.45) is 5.80. The molecule has 0 fully saturated rings. The quantitative estimate of drug-likeness (QED) is 0.278. The molecule has 0 N–H and O–H groups in total. The standard InChI is InChI=1S/C16H32O5/c1-5-8-11-19-16(14-18-15(4)17,20-12-9-6-2)21-13-10-7-3/h5-14H2,1-4H3. The van der Waals surface area contributed by atoms with E-state index in [1.54, 1.807) is 0 Å². The molecular weight excluding hydrogens is 272 g/mol. The summed E-state index contributed by atoms with van der Waals surface area (Å²) >= 11 is 0. The van der Waals surface area contributed by atoms with Crippen molar-refractivity contribution in [1.29, 1.82) is 0 Å². The summed E-state index contributed by atoms with van der Waals surface area (Å²) in [5.74, 6) is -1.62. The Hall–Kier alpha value is -0.650. The van der Waals surface area contributed by atoms with Gasteiger partial charge in [-0.15, -0.1) is 0 Å². The molecule has 0 radical (unpaired) electrons. The van der Waals surface area contributed by atoms with Gasteiger partial charge in [0.2, 0.25) is 0 Å². The Kier molecular flexibility index (Phi) is 12.6. The van der Waals surface area contributed by atoms with Crippen molar-refractivity contribution < 1.29 is 23.7 Å². The highest BCUT2D eigenvalue weighted by Gasteiger charge is 2.35. The fourth-order valence-corrected chi connectivity index (χ4v) is 1.56. The van der Waals surface area contributed by atoms with Gasteiger partial charge >= 0.3 is 11.9 Å². The van der Waals surface area contributed by atoms with Crippen LogP contribution < -0.4 is 0 Å². The van der Waals surface area contributed by atoms with Crippen LogP contribution in [-0.2, 0) is 23.7 Å². The normalized spacial score (nSPS) is 11.6. The van der Waals surface area contributed by atoms with Gasteiger partial charge in [-0.3, -0.25) is 4.79 Å². The van der Waals surface area contributed by atoms with Gasteiger partial charge in [-0.25, -0.2) is 0 Å². The minimum atomic E-state index is -1.26. The maximum atomic E-state index is 11.1. The Bertz CT molecular complexity index is 229. The van der Waals surface area contributed by atoms with Crippen LogP contribution in [0.25, 0.3) is 0 Å². The van der Waals surface area contributed by atoms with Crippen molar-refractivity contribution in [3.63, 3.8) is 0 Å². The number of ether oxygens (including phenoxy) is 4. The maximum absolute atomic E-state index is 11.1. The van der Waals surface area contributed by atoms with E-state index in [4.69, 9.17) is 18.9 Å². The molecule has 126 valence electrons. The zero-order valence-electron chi connectivity index (χ0n) is 14.1. The van der Waals surface area contributed by atoms with Crippen LogP contribution in [0.15, 0.2) is 0 Å². The van der Waals surface area contributed by atoms with Crippen molar-refractivity contribution in [3.05, 3.63) is 0 Å². The van der Waals surface area contributed by atoms with Crippen LogP contribution in [-0.4, -0.2) is 38.4 Å². The lowest BCUT2D eigenvalue weighted by molar-refractivity contribution is -0.392. The van der Waals surface area contributed by atoms with Crippen LogP contribution in [0, 0.1) is 0 Å². The first-order chi connectivity index (χ1) is 10.1. The van der Waals surface area contributed by atoms with Crippen LogP contribution in [0.3, 0.4) is 0 Å². The predicted molar refractivity (Wildman–Crippen MR) is 81.9 cm³/mol. The smallest absolute Gasteiger partial charge is 0.319 e. The van der Waals surface area contributed by atoms with Crippen LogP contribution in [0.1, 0.15) is 66.2 Å². The largest absolute Gasteiger partial charge is 0.457 e. The second-order valence-electron chi connectivity index (χ2n) is 5.07. The lowest BCUT2D eigenvalue weighted by atomic mass is 10.3. The molecule has 0 aliphatic carbocycles. The molecule has 0 aliphatic heterocycles. The fourth-order valence-electron chi connectivity index (χ4n) is 1.56. The molecule has 0 saturated heterocycles. The average Bonchev–Trinajstić information content (AvgIpc) is 2.46. The van der Waals surface area contributed by atoms with E-state index < -0.39 is 5.97 Å². The minimum Gasteiger partial charge on any atom is -0.457 e. The first-order valence-corrected chi connectivity index (χ1v) is 8.15. The molecule has 5 nitrogen and oxygen atoms in total.